The number of fused-ring (bicyclic) bond motifs is 1. The van der Waals surface area contributed by atoms with Crippen LogP contribution in [0.25, 0.3) is 10.9 Å². The monoisotopic (exact) mass is 263 g/mol. The average molecular weight is 263 g/mol. The zero-order valence-corrected chi connectivity index (χ0v) is 11.4. The van der Waals surface area contributed by atoms with Crippen LogP contribution < -0.4 is 0 Å². The first kappa shape index (κ1) is 13.0. The van der Waals surface area contributed by atoms with E-state index >= 15 is 0 Å². The number of rotatable bonds is 5. The van der Waals surface area contributed by atoms with E-state index in [1.807, 2.05) is 38.2 Å². The zero-order valence-electron chi connectivity index (χ0n) is 10.6. The lowest BCUT2D eigenvalue weighted by Crippen LogP contribution is -2.19. The molecular weight excluding hydrogens is 246 g/mol. The molecule has 1 aromatic carbocycles. The van der Waals surface area contributed by atoms with Gasteiger partial charge in [-0.25, -0.2) is 0 Å². The van der Waals surface area contributed by atoms with E-state index in [0.29, 0.717) is 6.61 Å². The summed E-state index contributed by atoms with van der Waals surface area (Å²) in [7, 11) is 0. The molecule has 0 aliphatic heterocycles. The average Bonchev–Trinajstić information content (AvgIpc) is 2.79. The van der Waals surface area contributed by atoms with Crippen molar-refractivity contribution in [2.75, 3.05) is 6.61 Å². The molecule has 2 rings (SSSR count). The van der Waals surface area contributed by atoms with Crippen LogP contribution in [-0.2, 0) is 9.53 Å². The lowest BCUT2D eigenvalue weighted by atomic mass is 10.2. The third-order valence-electron chi connectivity index (χ3n) is 2.74. The van der Waals surface area contributed by atoms with Crippen molar-refractivity contribution < 1.29 is 9.53 Å². The van der Waals surface area contributed by atoms with Gasteiger partial charge >= 0.3 is 5.97 Å². The van der Waals surface area contributed by atoms with Crippen LogP contribution in [0.15, 0.2) is 35.4 Å². The Balaban J connectivity index is 2.19. The van der Waals surface area contributed by atoms with Crippen molar-refractivity contribution in [2.24, 2.45) is 0 Å². The van der Waals surface area contributed by atoms with Gasteiger partial charge in [-0.1, -0.05) is 25.1 Å². The molecule has 1 N–H and O–H groups in total. The molecule has 0 radical (unpaired) electrons. The molecule has 0 fully saturated rings. The fourth-order valence-corrected chi connectivity index (χ4v) is 2.90. The SMILES string of the molecule is CCOC(=O)C(CC)Sc1c[nH]c2ccccc12. The maximum Gasteiger partial charge on any atom is 0.319 e. The van der Waals surface area contributed by atoms with E-state index in [2.05, 4.69) is 11.1 Å². The van der Waals surface area contributed by atoms with Gasteiger partial charge in [-0.2, -0.15) is 0 Å². The first-order chi connectivity index (χ1) is 8.76. The van der Waals surface area contributed by atoms with Crippen LogP contribution >= 0.6 is 11.8 Å². The molecule has 1 aromatic heterocycles. The van der Waals surface area contributed by atoms with E-state index < -0.39 is 0 Å². The Morgan fingerprint density at radius 2 is 2.17 bits per heavy atom. The van der Waals surface area contributed by atoms with Crippen molar-refractivity contribution in [2.45, 2.75) is 30.4 Å². The molecule has 1 heterocycles. The van der Waals surface area contributed by atoms with Crippen molar-refractivity contribution in [1.29, 1.82) is 0 Å². The maximum atomic E-state index is 11.8. The molecule has 1 atom stereocenters. The Bertz CT molecular complexity index is 535. The Labute approximate surface area is 111 Å². The van der Waals surface area contributed by atoms with E-state index in [9.17, 15) is 4.79 Å². The van der Waals surface area contributed by atoms with E-state index in [0.717, 1.165) is 22.2 Å². The van der Waals surface area contributed by atoms with Crippen LogP contribution in [0.1, 0.15) is 20.3 Å². The van der Waals surface area contributed by atoms with Gasteiger partial charge in [0.05, 0.1) is 6.61 Å². The first-order valence-electron chi connectivity index (χ1n) is 6.15. The quantitative estimate of drug-likeness (QED) is 0.662. The Kier molecular flexibility index (Phi) is 4.31. The van der Waals surface area contributed by atoms with Gasteiger partial charge in [0.25, 0.3) is 0 Å². The molecule has 1 unspecified atom stereocenters. The molecule has 96 valence electrons. The molecule has 0 saturated heterocycles. The number of carbonyl (C=O) groups excluding carboxylic acids is 1. The Morgan fingerprint density at radius 1 is 1.39 bits per heavy atom. The van der Waals surface area contributed by atoms with Gasteiger partial charge in [-0.05, 0) is 19.4 Å². The summed E-state index contributed by atoms with van der Waals surface area (Å²) in [6.07, 6.45) is 2.72. The van der Waals surface area contributed by atoms with Gasteiger partial charge in [0.2, 0.25) is 0 Å². The van der Waals surface area contributed by atoms with Crippen LogP contribution in [0.5, 0.6) is 0 Å². The van der Waals surface area contributed by atoms with Crippen molar-refractivity contribution in [3.8, 4) is 0 Å². The summed E-state index contributed by atoms with van der Waals surface area (Å²) in [4.78, 5) is 16.1. The normalized spacial score (nSPS) is 12.6. The summed E-state index contributed by atoms with van der Waals surface area (Å²) >= 11 is 1.57. The summed E-state index contributed by atoms with van der Waals surface area (Å²) in [5, 5.41) is 1.02. The highest BCUT2D eigenvalue weighted by Gasteiger charge is 2.20. The van der Waals surface area contributed by atoms with Gasteiger partial charge in [-0.3, -0.25) is 4.79 Å². The van der Waals surface area contributed by atoms with E-state index in [-0.39, 0.29) is 11.2 Å². The molecule has 3 nitrogen and oxygen atoms in total. The molecule has 0 aliphatic carbocycles. The van der Waals surface area contributed by atoms with Crippen molar-refractivity contribution in [3.05, 3.63) is 30.5 Å². The minimum Gasteiger partial charge on any atom is -0.465 e. The molecule has 0 spiro atoms. The lowest BCUT2D eigenvalue weighted by molar-refractivity contribution is -0.142. The lowest BCUT2D eigenvalue weighted by Gasteiger charge is -2.12. The third kappa shape index (κ3) is 2.70. The van der Waals surface area contributed by atoms with Gasteiger partial charge < -0.3 is 9.72 Å². The molecule has 2 aromatic rings. The summed E-state index contributed by atoms with van der Waals surface area (Å²) in [6, 6.07) is 8.10. The number of hydrogen-bond acceptors (Lipinski definition) is 3. The van der Waals surface area contributed by atoms with Crippen LogP contribution in [0.2, 0.25) is 0 Å². The predicted molar refractivity (Wildman–Crippen MR) is 74.9 cm³/mol. The highest BCUT2D eigenvalue weighted by molar-refractivity contribution is 8.00. The van der Waals surface area contributed by atoms with E-state index in [4.69, 9.17) is 4.74 Å². The first-order valence-corrected chi connectivity index (χ1v) is 7.03. The number of ether oxygens (including phenoxy) is 1. The minimum absolute atomic E-state index is 0.129. The number of esters is 1. The second-order valence-corrected chi connectivity index (χ2v) is 5.21. The number of para-hydroxylation sites is 1. The van der Waals surface area contributed by atoms with E-state index in [1.165, 1.54) is 0 Å². The number of thioether (sulfide) groups is 1. The summed E-state index contributed by atoms with van der Waals surface area (Å²) in [5.74, 6) is -0.129. The molecule has 0 saturated carbocycles. The number of aromatic amines is 1. The second kappa shape index (κ2) is 5.96. The Hall–Kier alpha value is -1.42. The number of benzene rings is 1. The zero-order chi connectivity index (χ0) is 13.0. The molecular formula is C14H17NO2S. The maximum absolute atomic E-state index is 11.8. The second-order valence-electron chi connectivity index (χ2n) is 3.97. The molecule has 4 heteroatoms. The summed E-state index contributed by atoms with van der Waals surface area (Å²) in [5.41, 5.74) is 1.10. The van der Waals surface area contributed by atoms with Crippen LogP contribution in [0.4, 0.5) is 0 Å². The number of nitrogens with one attached hydrogen (secondary N) is 1. The van der Waals surface area contributed by atoms with Gasteiger partial charge in [-0.15, -0.1) is 11.8 Å². The van der Waals surface area contributed by atoms with Crippen molar-refractivity contribution >= 4 is 28.6 Å². The Morgan fingerprint density at radius 3 is 2.89 bits per heavy atom. The highest BCUT2D eigenvalue weighted by atomic mass is 32.2. The summed E-state index contributed by atoms with van der Waals surface area (Å²) in [6.45, 7) is 4.27. The fraction of sp³-hybridized carbons (Fsp3) is 0.357. The van der Waals surface area contributed by atoms with Gasteiger partial charge in [0.15, 0.2) is 0 Å². The molecule has 0 aliphatic rings. The van der Waals surface area contributed by atoms with Crippen LogP contribution in [0, 0.1) is 0 Å². The topological polar surface area (TPSA) is 42.1 Å². The summed E-state index contributed by atoms with van der Waals surface area (Å²) < 4.78 is 5.09. The number of H-pyrrole nitrogens is 1. The third-order valence-corrected chi connectivity index (χ3v) is 4.14. The smallest absolute Gasteiger partial charge is 0.319 e. The molecule has 18 heavy (non-hydrogen) atoms. The minimum atomic E-state index is -0.135. The standard InChI is InChI=1S/C14H17NO2S/c1-3-12(14(16)17-4-2)18-13-9-15-11-8-6-5-7-10(11)13/h5-9,12,15H,3-4H2,1-2H3. The van der Waals surface area contributed by atoms with Crippen molar-refractivity contribution in [1.82, 2.24) is 4.98 Å². The fourth-order valence-electron chi connectivity index (χ4n) is 1.83. The van der Waals surface area contributed by atoms with E-state index in [1.54, 1.807) is 11.8 Å². The largest absolute Gasteiger partial charge is 0.465 e. The molecule has 0 amide bonds. The van der Waals surface area contributed by atoms with Crippen LogP contribution in [0.3, 0.4) is 0 Å². The number of carbonyl (C=O) groups is 1. The van der Waals surface area contributed by atoms with Crippen LogP contribution in [-0.4, -0.2) is 22.8 Å². The number of aromatic nitrogens is 1. The predicted octanol–water partition coefficient (Wildman–Crippen LogP) is 3.60. The van der Waals surface area contributed by atoms with Gasteiger partial charge in [0, 0.05) is 22.0 Å². The van der Waals surface area contributed by atoms with Crippen molar-refractivity contribution in [3.63, 3.8) is 0 Å². The molecule has 0 bridgehead atoms. The van der Waals surface area contributed by atoms with Gasteiger partial charge in [0.1, 0.15) is 5.25 Å². The number of hydrogen-bond donors (Lipinski definition) is 1. The highest BCUT2D eigenvalue weighted by Crippen LogP contribution is 2.32.